The number of aromatic nitrogens is 1. The van der Waals surface area contributed by atoms with E-state index >= 15 is 0 Å². The summed E-state index contributed by atoms with van der Waals surface area (Å²) in [5, 5.41) is 0.225. The average molecular weight is 171 g/mol. The summed E-state index contributed by atoms with van der Waals surface area (Å²) in [6.07, 6.45) is 1.69. The van der Waals surface area contributed by atoms with Crippen molar-refractivity contribution < 1.29 is 9.53 Å². The van der Waals surface area contributed by atoms with Crippen LogP contribution >= 0.6 is 11.6 Å². The molecule has 1 radical (unpaired) electrons. The Labute approximate surface area is 69.0 Å². The lowest BCUT2D eigenvalue weighted by atomic mass is 10.3. The number of pyridine rings is 1. The minimum Gasteiger partial charge on any atom is -0.481 e. The Bertz CT molecular complexity index is 275. The van der Waals surface area contributed by atoms with Crippen LogP contribution in [0.5, 0.6) is 5.88 Å². The fourth-order valence-corrected chi connectivity index (χ4v) is 0.837. The molecule has 0 N–H and O–H groups in total. The number of nitrogens with zero attached hydrogens (tertiary/aromatic N) is 1. The molecule has 0 aliphatic carbocycles. The van der Waals surface area contributed by atoms with Crippen molar-refractivity contribution in [2.75, 3.05) is 7.11 Å². The van der Waals surface area contributed by atoms with E-state index in [2.05, 4.69) is 4.98 Å². The molecule has 1 rings (SSSR count). The number of carbonyl (C=O) groups excluding carboxylic acids is 1. The third-order valence-corrected chi connectivity index (χ3v) is 1.29. The number of hydrogen-bond acceptors (Lipinski definition) is 3. The zero-order valence-corrected chi connectivity index (χ0v) is 6.55. The van der Waals surface area contributed by atoms with Gasteiger partial charge in [-0.3, -0.25) is 4.79 Å². The minimum atomic E-state index is 0.225. The van der Waals surface area contributed by atoms with Gasteiger partial charge in [0, 0.05) is 11.6 Å². The maximum Gasteiger partial charge on any atom is 0.233 e. The first kappa shape index (κ1) is 8.01. The van der Waals surface area contributed by atoms with Crippen LogP contribution in [-0.4, -0.2) is 18.4 Å². The van der Waals surface area contributed by atoms with Gasteiger partial charge in [-0.15, -0.1) is 0 Å². The number of halogens is 1. The molecule has 0 spiro atoms. The van der Waals surface area contributed by atoms with E-state index in [-0.39, 0.29) is 5.15 Å². The molecule has 0 aromatic carbocycles. The van der Waals surface area contributed by atoms with Crippen LogP contribution in [-0.2, 0) is 4.79 Å². The lowest BCUT2D eigenvalue weighted by Gasteiger charge is -1.98. The van der Waals surface area contributed by atoms with Crippen LogP contribution in [0.25, 0.3) is 0 Å². The number of methoxy groups -OCH3 is 1. The van der Waals surface area contributed by atoms with E-state index in [0.29, 0.717) is 11.4 Å². The second-order valence-electron chi connectivity index (χ2n) is 1.82. The van der Waals surface area contributed by atoms with E-state index in [0.717, 1.165) is 0 Å². The van der Waals surface area contributed by atoms with Gasteiger partial charge in [0.05, 0.1) is 7.11 Å². The quantitative estimate of drug-likeness (QED) is 0.627. The van der Waals surface area contributed by atoms with Crippen molar-refractivity contribution >= 4 is 17.9 Å². The zero-order chi connectivity index (χ0) is 8.27. The first-order valence-electron chi connectivity index (χ1n) is 2.86. The molecule has 4 heteroatoms. The van der Waals surface area contributed by atoms with Crippen molar-refractivity contribution in [2.24, 2.45) is 0 Å². The molecule has 0 fully saturated rings. The summed E-state index contributed by atoms with van der Waals surface area (Å²) in [6.45, 7) is 0. The van der Waals surface area contributed by atoms with Gasteiger partial charge in [-0.1, -0.05) is 11.6 Å². The molecule has 0 bridgehead atoms. The summed E-state index contributed by atoms with van der Waals surface area (Å²) in [5.74, 6) is 0.316. The van der Waals surface area contributed by atoms with Crippen molar-refractivity contribution in [1.29, 1.82) is 0 Å². The normalized spacial score (nSPS) is 9.27. The lowest BCUT2D eigenvalue weighted by molar-refractivity contribution is 0.398. The summed E-state index contributed by atoms with van der Waals surface area (Å²) < 4.78 is 4.76. The first-order chi connectivity index (χ1) is 5.26. The molecule has 0 aliphatic heterocycles. The Morgan fingerprint density at radius 1 is 1.64 bits per heavy atom. The summed E-state index contributed by atoms with van der Waals surface area (Å²) in [7, 11) is 1.45. The number of ether oxygens (including phenoxy) is 1. The van der Waals surface area contributed by atoms with Gasteiger partial charge in [0.25, 0.3) is 0 Å². The second kappa shape index (κ2) is 3.34. The molecule has 0 amide bonds. The van der Waals surface area contributed by atoms with Crippen LogP contribution in [0.15, 0.2) is 12.1 Å². The van der Waals surface area contributed by atoms with Crippen LogP contribution in [0.4, 0.5) is 0 Å². The molecule has 11 heavy (non-hydrogen) atoms. The molecule has 57 valence electrons. The van der Waals surface area contributed by atoms with Crippen molar-refractivity contribution in [3.8, 4) is 5.88 Å². The third-order valence-electron chi connectivity index (χ3n) is 1.10. The van der Waals surface area contributed by atoms with Gasteiger partial charge >= 0.3 is 0 Å². The molecular formula is C7H5ClNO2. The largest absolute Gasteiger partial charge is 0.481 e. The molecule has 0 saturated heterocycles. The first-order valence-corrected chi connectivity index (χ1v) is 3.24. The van der Waals surface area contributed by atoms with Gasteiger partial charge in [-0.2, -0.15) is 0 Å². The highest BCUT2D eigenvalue weighted by Gasteiger charge is 1.99. The van der Waals surface area contributed by atoms with Crippen LogP contribution < -0.4 is 4.74 Å². The summed E-state index contributed by atoms with van der Waals surface area (Å²) in [5.41, 5.74) is 0.335. The predicted molar refractivity (Wildman–Crippen MR) is 40.6 cm³/mol. The van der Waals surface area contributed by atoms with E-state index in [9.17, 15) is 4.79 Å². The van der Waals surface area contributed by atoms with Gasteiger partial charge in [-0.25, -0.2) is 4.98 Å². The molecule has 3 nitrogen and oxygen atoms in total. The van der Waals surface area contributed by atoms with Crippen molar-refractivity contribution in [3.05, 3.63) is 22.8 Å². The molecule has 1 aromatic rings. The van der Waals surface area contributed by atoms with Crippen molar-refractivity contribution in [1.82, 2.24) is 4.98 Å². The molecule has 1 heterocycles. The molecule has 0 atom stereocenters. The van der Waals surface area contributed by atoms with E-state index in [4.69, 9.17) is 16.3 Å². The smallest absolute Gasteiger partial charge is 0.233 e. The zero-order valence-electron chi connectivity index (χ0n) is 5.80. The van der Waals surface area contributed by atoms with E-state index in [1.54, 1.807) is 6.29 Å². The Balaban J connectivity index is 3.11. The SMILES string of the molecule is COc1cc([C]=O)cc(Cl)n1. The summed E-state index contributed by atoms with van der Waals surface area (Å²) in [6, 6.07) is 2.87. The molecule has 0 saturated carbocycles. The second-order valence-corrected chi connectivity index (χ2v) is 2.21. The Morgan fingerprint density at radius 2 is 2.36 bits per heavy atom. The average Bonchev–Trinajstić information content (AvgIpc) is 2.03. The van der Waals surface area contributed by atoms with Gasteiger partial charge < -0.3 is 4.74 Å². The number of rotatable bonds is 2. The summed E-state index contributed by atoms with van der Waals surface area (Å²) in [4.78, 5) is 13.9. The Kier molecular flexibility index (Phi) is 2.44. The van der Waals surface area contributed by atoms with Crippen molar-refractivity contribution in [3.63, 3.8) is 0 Å². The monoisotopic (exact) mass is 170 g/mol. The standard InChI is InChI=1S/C7H5ClNO2/c1-11-7-3-5(4-10)2-6(8)9-7/h2-3H,1H3. The predicted octanol–water partition coefficient (Wildman–Crippen LogP) is 1.20. The minimum absolute atomic E-state index is 0.225. The van der Waals surface area contributed by atoms with Crippen LogP contribution in [0, 0.1) is 0 Å². The van der Waals surface area contributed by atoms with E-state index in [1.165, 1.54) is 19.2 Å². The topological polar surface area (TPSA) is 39.2 Å². The third kappa shape index (κ3) is 1.91. The Hall–Kier alpha value is -1.09. The van der Waals surface area contributed by atoms with Gasteiger partial charge in [0.15, 0.2) is 0 Å². The van der Waals surface area contributed by atoms with E-state index < -0.39 is 0 Å². The highest BCUT2D eigenvalue weighted by Crippen LogP contribution is 2.13. The molecular weight excluding hydrogens is 166 g/mol. The fourth-order valence-electron chi connectivity index (χ4n) is 0.636. The highest BCUT2D eigenvalue weighted by atomic mass is 35.5. The van der Waals surface area contributed by atoms with E-state index in [1.807, 2.05) is 0 Å². The van der Waals surface area contributed by atoms with Gasteiger partial charge in [-0.05, 0) is 6.07 Å². The van der Waals surface area contributed by atoms with Crippen LogP contribution in [0.2, 0.25) is 5.15 Å². The maximum atomic E-state index is 10.2. The van der Waals surface area contributed by atoms with Crippen LogP contribution in [0.3, 0.4) is 0 Å². The van der Waals surface area contributed by atoms with Crippen LogP contribution in [0.1, 0.15) is 5.56 Å². The summed E-state index contributed by atoms with van der Waals surface area (Å²) >= 11 is 5.54. The van der Waals surface area contributed by atoms with Gasteiger partial charge in [0.2, 0.25) is 12.2 Å². The van der Waals surface area contributed by atoms with Crippen molar-refractivity contribution in [2.45, 2.75) is 0 Å². The number of hydrogen-bond donors (Lipinski definition) is 0. The molecule has 1 aromatic heterocycles. The maximum absolute atomic E-state index is 10.2. The fraction of sp³-hybridized carbons (Fsp3) is 0.143. The molecule has 0 unspecified atom stereocenters. The molecule has 0 aliphatic rings. The Morgan fingerprint density at radius 3 is 2.91 bits per heavy atom. The van der Waals surface area contributed by atoms with Gasteiger partial charge in [0.1, 0.15) is 5.15 Å². The lowest BCUT2D eigenvalue weighted by Crippen LogP contribution is -1.90. The highest BCUT2D eigenvalue weighted by molar-refractivity contribution is 6.29.